The van der Waals surface area contributed by atoms with Gasteiger partial charge in [-0.3, -0.25) is 9.59 Å². The van der Waals surface area contributed by atoms with Crippen LogP contribution in [-0.4, -0.2) is 31.2 Å². The zero-order valence-electron chi connectivity index (χ0n) is 16.4. The number of aromatic nitrogens is 1. The van der Waals surface area contributed by atoms with E-state index in [1.807, 2.05) is 42.5 Å². The van der Waals surface area contributed by atoms with Gasteiger partial charge in [-0.25, -0.2) is 12.8 Å². The minimum absolute atomic E-state index is 0.384. The van der Waals surface area contributed by atoms with Gasteiger partial charge in [0.05, 0.1) is 5.56 Å². The van der Waals surface area contributed by atoms with Crippen molar-refractivity contribution >= 4 is 26.4 Å². The van der Waals surface area contributed by atoms with Crippen molar-refractivity contribution in [2.45, 2.75) is 19.5 Å². The van der Waals surface area contributed by atoms with Crippen molar-refractivity contribution in [2.75, 3.05) is 12.0 Å². The number of hydrogen-bond acceptors (Lipinski definition) is 4. The molecular weight excluding hydrogens is 393 g/mol. The van der Waals surface area contributed by atoms with Crippen LogP contribution in [0.4, 0.5) is 4.39 Å². The molecule has 3 rings (SSSR count). The molecule has 0 radical (unpaired) electrons. The number of pyridine rings is 1. The highest BCUT2D eigenvalue weighted by Crippen LogP contribution is 2.34. The molecule has 0 aliphatic heterocycles. The number of nitrogens with one attached hydrogen (secondary N) is 1. The van der Waals surface area contributed by atoms with E-state index in [0.29, 0.717) is 5.69 Å². The molecule has 0 saturated heterocycles. The molecule has 1 heterocycles. The number of H-pyrrole nitrogens is 1. The summed E-state index contributed by atoms with van der Waals surface area (Å²) in [7, 11) is -3.73. The second-order valence-electron chi connectivity index (χ2n) is 7.54. The first-order chi connectivity index (χ1) is 13.5. The summed E-state index contributed by atoms with van der Waals surface area (Å²) in [6.07, 6.45) is 0.860. The van der Waals surface area contributed by atoms with Crippen molar-refractivity contribution < 1.29 is 17.6 Å². The standard InChI is InChI=1S/C22H22FNO4S/c1-14(2)22(23,20(25)13-29(3,27)28)18-10-11-19(24-21(18)26)17-9-8-15-6-4-5-7-16(15)12-17/h4-12,14H,13H2,1-3H3,(H,24,26). The highest BCUT2D eigenvalue weighted by molar-refractivity contribution is 7.91. The summed E-state index contributed by atoms with van der Waals surface area (Å²) in [6.45, 7) is 2.88. The highest BCUT2D eigenvalue weighted by atomic mass is 32.2. The van der Waals surface area contributed by atoms with Crippen LogP contribution in [-0.2, 0) is 20.3 Å². The number of halogens is 1. The van der Waals surface area contributed by atoms with E-state index in [4.69, 9.17) is 0 Å². The minimum Gasteiger partial charge on any atom is -0.322 e. The van der Waals surface area contributed by atoms with Crippen LogP contribution in [0.2, 0.25) is 0 Å². The van der Waals surface area contributed by atoms with Crippen molar-refractivity contribution in [3.05, 3.63) is 70.5 Å². The van der Waals surface area contributed by atoms with Crippen molar-refractivity contribution in [3.63, 3.8) is 0 Å². The lowest BCUT2D eigenvalue weighted by atomic mass is 9.82. The van der Waals surface area contributed by atoms with Crippen LogP contribution in [0, 0.1) is 5.92 Å². The number of carbonyl (C=O) groups excluding carboxylic acids is 1. The average molecular weight is 415 g/mol. The van der Waals surface area contributed by atoms with Gasteiger partial charge in [-0.05, 0) is 40.5 Å². The Morgan fingerprint density at radius 1 is 1.07 bits per heavy atom. The highest BCUT2D eigenvalue weighted by Gasteiger charge is 2.46. The molecule has 5 nitrogen and oxygen atoms in total. The molecule has 0 bridgehead atoms. The third-order valence-corrected chi connectivity index (χ3v) is 5.74. The number of sulfone groups is 1. The molecule has 1 unspecified atom stereocenters. The van der Waals surface area contributed by atoms with Gasteiger partial charge < -0.3 is 4.98 Å². The maximum absolute atomic E-state index is 15.7. The first-order valence-electron chi connectivity index (χ1n) is 9.15. The molecule has 0 aliphatic carbocycles. The van der Waals surface area contributed by atoms with Crippen LogP contribution in [0.1, 0.15) is 19.4 Å². The third kappa shape index (κ3) is 4.15. The van der Waals surface area contributed by atoms with Crippen molar-refractivity contribution in [1.82, 2.24) is 4.98 Å². The lowest BCUT2D eigenvalue weighted by molar-refractivity contribution is -0.131. The number of ketones is 1. The Morgan fingerprint density at radius 2 is 1.72 bits per heavy atom. The molecule has 0 aliphatic rings. The molecule has 0 saturated carbocycles. The Balaban J connectivity index is 2.07. The van der Waals surface area contributed by atoms with Crippen molar-refractivity contribution in [1.29, 1.82) is 0 Å². The molecule has 0 amide bonds. The summed E-state index contributed by atoms with van der Waals surface area (Å²) < 4.78 is 38.7. The molecule has 29 heavy (non-hydrogen) atoms. The number of alkyl halides is 1. The molecule has 2 aromatic carbocycles. The summed E-state index contributed by atoms with van der Waals surface area (Å²) in [6, 6.07) is 16.2. The Morgan fingerprint density at radius 3 is 2.31 bits per heavy atom. The quantitative estimate of drug-likeness (QED) is 0.666. The van der Waals surface area contributed by atoms with E-state index in [9.17, 15) is 18.0 Å². The largest absolute Gasteiger partial charge is 0.322 e. The predicted molar refractivity (Wildman–Crippen MR) is 112 cm³/mol. The molecule has 152 valence electrons. The number of aromatic amines is 1. The number of fused-ring (bicyclic) bond motifs is 1. The van der Waals surface area contributed by atoms with Gasteiger partial charge in [-0.1, -0.05) is 50.2 Å². The summed E-state index contributed by atoms with van der Waals surface area (Å²) in [5.74, 6) is -3.02. The van der Waals surface area contributed by atoms with E-state index in [1.165, 1.54) is 26.0 Å². The normalized spacial score (nSPS) is 14.1. The van der Waals surface area contributed by atoms with Gasteiger partial charge in [0.15, 0.2) is 15.6 Å². The molecular formula is C22H22FNO4S. The van der Waals surface area contributed by atoms with E-state index in [-0.39, 0.29) is 5.56 Å². The number of benzene rings is 2. The lowest BCUT2D eigenvalue weighted by Gasteiger charge is -2.27. The van der Waals surface area contributed by atoms with Crippen LogP contribution in [0.25, 0.3) is 22.0 Å². The fraction of sp³-hybridized carbons (Fsp3) is 0.273. The van der Waals surface area contributed by atoms with Gasteiger partial charge in [-0.15, -0.1) is 0 Å². The Labute approximate surface area is 168 Å². The van der Waals surface area contributed by atoms with E-state index < -0.39 is 38.5 Å². The third-order valence-electron chi connectivity index (χ3n) is 4.96. The van der Waals surface area contributed by atoms with Gasteiger partial charge in [0.1, 0.15) is 5.75 Å². The summed E-state index contributed by atoms with van der Waals surface area (Å²) in [5.41, 5.74) is -2.62. The molecule has 7 heteroatoms. The van der Waals surface area contributed by atoms with E-state index in [0.717, 1.165) is 22.6 Å². The molecule has 1 N–H and O–H groups in total. The number of Topliss-reactive ketones (excluding diaryl/α,β-unsaturated/α-hetero) is 1. The Kier molecular flexibility index (Phi) is 5.45. The Hall–Kier alpha value is -2.80. The maximum atomic E-state index is 15.7. The van der Waals surface area contributed by atoms with Gasteiger partial charge >= 0.3 is 0 Å². The molecule has 0 fully saturated rings. The topological polar surface area (TPSA) is 84.1 Å². The molecule has 1 aromatic heterocycles. The van der Waals surface area contributed by atoms with Gasteiger partial charge in [-0.2, -0.15) is 0 Å². The second-order valence-corrected chi connectivity index (χ2v) is 9.68. The smallest absolute Gasteiger partial charge is 0.255 e. The first kappa shape index (κ1) is 20.9. The molecule has 3 aromatic rings. The van der Waals surface area contributed by atoms with Crippen molar-refractivity contribution in [2.24, 2.45) is 5.92 Å². The van der Waals surface area contributed by atoms with Crippen LogP contribution < -0.4 is 5.56 Å². The zero-order valence-corrected chi connectivity index (χ0v) is 17.2. The fourth-order valence-electron chi connectivity index (χ4n) is 3.41. The fourth-order valence-corrected chi connectivity index (χ4v) is 4.10. The number of rotatable bonds is 6. The first-order valence-corrected chi connectivity index (χ1v) is 11.2. The van der Waals surface area contributed by atoms with Crippen LogP contribution in [0.5, 0.6) is 0 Å². The van der Waals surface area contributed by atoms with E-state index >= 15 is 4.39 Å². The zero-order chi connectivity index (χ0) is 21.4. The van der Waals surface area contributed by atoms with Gasteiger partial charge in [0.25, 0.3) is 5.56 Å². The summed E-state index contributed by atoms with van der Waals surface area (Å²) >= 11 is 0. The van der Waals surface area contributed by atoms with E-state index in [1.54, 1.807) is 0 Å². The molecule has 1 atom stereocenters. The number of hydrogen-bond donors (Lipinski definition) is 1. The molecule has 0 spiro atoms. The van der Waals surface area contributed by atoms with Crippen LogP contribution >= 0.6 is 0 Å². The summed E-state index contributed by atoms with van der Waals surface area (Å²) in [5, 5.41) is 2.03. The van der Waals surface area contributed by atoms with Gasteiger partial charge in [0.2, 0.25) is 5.67 Å². The Bertz CT molecular complexity index is 1250. The lowest BCUT2D eigenvalue weighted by Crippen LogP contribution is -2.43. The SMILES string of the molecule is CC(C)C(F)(C(=O)CS(C)(=O)=O)c1ccc(-c2ccc3ccccc3c2)[nH]c1=O. The minimum atomic E-state index is -3.73. The second kappa shape index (κ2) is 7.55. The van der Waals surface area contributed by atoms with Crippen LogP contribution in [0.3, 0.4) is 0 Å². The van der Waals surface area contributed by atoms with E-state index in [2.05, 4.69) is 4.98 Å². The maximum Gasteiger partial charge on any atom is 0.255 e. The number of carbonyl (C=O) groups is 1. The van der Waals surface area contributed by atoms with Crippen LogP contribution in [0.15, 0.2) is 59.4 Å². The van der Waals surface area contributed by atoms with Crippen molar-refractivity contribution in [3.8, 4) is 11.3 Å². The predicted octanol–water partition coefficient (Wildman–Crippen LogP) is 3.63. The monoisotopic (exact) mass is 415 g/mol. The summed E-state index contributed by atoms with van der Waals surface area (Å²) in [4.78, 5) is 27.8. The van der Waals surface area contributed by atoms with Gasteiger partial charge in [0, 0.05) is 11.9 Å². The average Bonchev–Trinajstić information content (AvgIpc) is 2.65.